The van der Waals surface area contributed by atoms with Gasteiger partial charge in [-0.05, 0) is 37.6 Å². The molecule has 1 atom stereocenters. The summed E-state index contributed by atoms with van der Waals surface area (Å²) < 4.78 is 11.0. The van der Waals surface area contributed by atoms with E-state index in [1.54, 1.807) is 25.5 Å². The van der Waals surface area contributed by atoms with Crippen molar-refractivity contribution in [3.05, 3.63) is 58.0 Å². The van der Waals surface area contributed by atoms with Crippen LogP contribution in [-0.2, 0) is 6.54 Å². The van der Waals surface area contributed by atoms with E-state index in [0.29, 0.717) is 12.3 Å². The van der Waals surface area contributed by atoms with Gasteiger partial charge in [-0.15, -0.1) is 0 Å². The Bertz CT molecular complexity index is 684. The molecule has 1 unspecified atom stereocenters. The van der Waals surface area contributed by atoms with Crippen LogP contribution in [0.15, 0.2) is 41.0 Å². The SMILES string of the molecule is COc1ccc([N+](=O)[O-])cc1CN1CCCCCC1c1ccco1. The molecule has 2 aromatic rings. The van der Waals surface area contributed by atoms with E-state index in [0.717, 1.165) is 37.1 Å². The maximum Gasteiger partial charge on any atom is 0.270 e. The fraction of sp³-hybridized carbons (Fsp3) is 0.444. The van der Waals surface area contributed by atoms with Gasteiger partial charge in [0.2, 0.25) is 0 Å². The lowest BCUT2D eigenvalue weighted by atomic mass is 10.1. The molecule has 3 rings (SSSR count). The van der Waals surface area contributed by atoms with Gasteiger partial charge in [0.05, 0.1) is 24.3 Å². The lowest BCUT2D eigenvalue weighted by Crippen LogP contribution is -2.28. The van der Waals surface area contributed by atoms with E-state index >= 15 is 0 Å². The van der Waals surface area contributed by atoms with Gasteiger partial charge in [0.25, 0.3) is 5.69 Å². The fourth-order valence-electron chi connectivity index (χ4n) is 3.38. The van der Waals surface area contributed by atoms with Gasteiger partial charge >= 0.3 is 0 Å². The zero-order valence-corrected chi connectivity index (χ0v) is 13.8. The Morgan fingerprint density at radius 3 is 2.92 bits per heavy atom. The highest BCUT2D eigenvalue weighted by Crippen LogP contribution is 2.34. The second-order valence-corrected chi connectivity index (χ2v) is 6.10. The van der Waals surface area contributed by atoms with Crippen molar-refractivity contribution in [3.8, 4) is 5.75 Å². The summed E-state index contributed by atoms with van der Waals surface area (Å²) in [6.07, 6.45) is 6.21. The lowest BCUT2D eigenvalue weighted by molar-refractivity contribution is -0.385. The highest BCUT2D eigenvalue weighted by Gasteiger charge is 2.26. The van der Waals surface area contributed by atoms with Crippen LogP contribution >= 0.6 is 0 Å². The summed E-state index contributed by atoms with van der Waals surface area (Å²) in [6, 6.07) is 8.89. The van der Waals surface area contributed by atoms with E-state index in [1.165, 1.54) is 12.5 Å². The van der Waals surface area contributed by atoms with Crippen LogP contribution in [-0.4, -0.2) is 23.5 Å². The summed E-state index contributed by atoms with van der Waals surface area (Å²) in [5.74, 6) is 1.64. The molecule has 2 heterocycles. The Labute approximate surface area is 141 Å². The van der Waals surface area contributed by atoms with Gasteiger partial charge in [0.15, 0.2) is 0 Å². The molecule has 0 N–H and O–H groups in total. The molecule has 1 saturated heterocycles. The number of hydrogen-bond acceptors (Lipinski definition) is 5. The molecular formula is C18H22N2O4. The van der Waals surface area contributed by atoms with Crippen LogP contribution in [0.5, 0.6) is 5.75 Å². The van der Waals surface area contributed by atoms with Gasteiger partial charge in [0.1, 0.15) is 11.5 Å². The molecule has 6 nitrogen and oxygen atoms in total. The number of furan rings is 1. The molecule has 0 spiro atoms. The average molecular weight is 330 g/mol. The summed E-state index contributed by atoms with van der Waals surface area (Å²) in [7, 11) is 1.59. The van der Waals surface area contributed by atoms with Crippen LogP contribution in [0.4, 0.5) is 5.69 Å². The molecule has 0 radical (unpaired) electrons. The first kappa shape index (κ1) is 16.5. The van der Waals surface area contributed by atoms with Crippen molar-refractivity contribution in [2.75, 3.05) is 13.7 Å². The molecule has 1 aromatic carbocycles. The molecule has 0 saturated carbocycles. The Balaban J connectivity index is 1.89. The number of rotatable bonds is 5. The van der Waals surface area contributed by atoms with Crippen molar-refractivity contribution in [1.29, 1.82) is 0 Å². The smallest absolute Gasteiger partial charge is 0.270 e. The number of nitro groups is 1. The van der Waals surface area contributed by atoms with E-state index < -0.39 is 0 Å². The maximum absolute atomic E-state index is 11.1. The first-order valence-corrected chi connectivity index (χ1v) is 8.28. The summed E-state index contributed by atoms with van der Waals surface area (Å²) in [4.78, 5) is 13.1. The molecule has 1 fully saturated rings. The van der Waals surface area contributed by atoms with Crippen molar-refractivity contribution >= 4 is 5.69 Å². The number of non-ortho nitro benzene ring substituents is 1. The normalized spacial score (nSPS) is 19.0. The molecule has 1 aromatic heterocycles. The minimum Gasteiger partial charge on any atom is -0.496 e. The molecule has 0 bridgehead atoms. The number of nitrogens with zero attached hydrogens (tertiary/aromatic N) is 2. The zero-order valence-electron chi connectivity index (χ0n) is 13.8. The van der Waals surface area contributed by atoms with Crippen molar-refractivity contribution in [1.82, 2.24) is 4.90 Å². The number of ether oxygens (including phenoxy) is 1. The molecular weight excluding hydrogens is 308 g/mol. The van der Waals surface area contributed by atoms with Crippen molar-refractivity contribution < 1.29 is 14.1 Å². The number of likely N-dealkylation sites (tertiary alicyclic amines) is 1. The monoisotopic (exact) mass is 330 g/mol. The van der Waals surface area contributed by atoms with Crippen LogP contribution in [0.1, 0.15) is 43.0 Å². The third kappa shape index (κ3) is 3.59. The Kier molecular flexibility index (Phi) is 5.15. The van der Waals surface area contributed by atoms with Crippen LogP contribution < -0.4 is 4.74 Å². The van der Waals surface area contributed by atoms with E-state index in [9.17, 15) is 10.1 Å². The lowest BCUT2D eigenvalue weighted by Gasteiger charge is -2.29. The van der Waals surface area contributed by atoms with E-state index in [-0.39, 0.29) is 16.7 Å². The van der Waals surface area contributed by atoms with Crippen molar-refractivity contribution in [3.63, 3.8) is 0 Å². The third-order valence-electron chi connectivity index (χ3n) is 4.58. The third-order valence-corrected chi connectivity index (χ3v) is 4.58. The molecule has 1 aliphatic heterocycles. The van der Waals surface area contributed by atoms with Crippen LogP contribution in [0.3, 0.4) is 0 Å². The molecule has 128 valence electrons. The quantitative estimate of drug-likeness (QED) is 0.603. The predicted molar refractivity (Wildman–Crippen MR) is 90.0 cm³/mol. The Hall–Kier alpha value is -2.34. The van der Waals surface area contributed by atoms with E-state index in [1.807, 2.05) is 12.1 Å². The number of methoxy groups -OCH3 is 1. The van der Waals surface area contributed by atoms with Crippen molar-refractivity contribution in [2.24, 2.45) is 0 Å². The first-order chi connectivity index (χ1) is 11.7. The van der Waals surface area contributed by atoms with Gasteiger partial charge in [-0.25, -0.2) is 0 Å². The highest BCUT2D eigenvalue weighted by atomic mass is 16.6. The maximum atomic E-state index is 11.1. The number of hydrogen-bond donors (Lipinski definition) is 0. The summed E-state index contributed by atoms with van der Waals surface area (Å²) in [6.45, 7) is 1.55. The van der Waals surface area contributed by atoms with E-state index in [2.05, 4.69) is 4.90 Å². The average Bonchev–Trinajstić information content (AvgIpc) is 3.02. The first-order valence-electron chi connectivity index (χ1n) is 8.28. The fourth-order valence-corrected chi connectivity index (χ4v) is 3.38. The van der Waals surface area contributed by atoms with E-state index in [4.69, 9.17) is 9.15 Å². The van der Waals surface area contributed by atoms with Crippen LogP contribution in [0.2, 0.25) is 0 Å². The molecule has 0 aliphatic carbocycles. The van der Waals surface area contributed by atoms with Gasteiger partial charge < -0.3 is 9.15 Å². The summed E-state index contributed by atoms with van der Waals surface area (Å²) in [5.41, 5.74) is 0.931. The van der Waals surface area contributed by atoms with Gasteiger partial charge in [0, 0.05) is 24.2 Å². The summed E-state index contributed by atoms with van der Waals surface area (Å²) in [5, 5.41) is 11.1. The van der Waals surface area contributed by atoms with Crippen LogP contribution in [0, 0.1) is 10.1 Å². The Morgan fingerprint density at radius 1 is 1.33 bits per heavy atom. The number of benzene rings is 1. The minimum absolute atomic E-state index is 0.0928. The van der Waals surface area contributed by atoms with Crippen molar-refractivity contribution in [2.45, 2.75) is 38.3 Å². The molecule has 1 aliphatic rings. The predicted octanol–water partition coefficient (Wildman–Crippen LogP) is 4.31. The molecule has 0 amide bonds. The Morgan fingerprint density at radius 2 is 2.21 bits per heavy atom. The standard InChI is InChI=1S/C18H22N2O4/c1-23-17-9-8-15(20(21)22)12-14(17)13-19-10-4-2-3-6-16(19)18-7-5-11-24-18/h5,7-9,11-12,16H,2-4,6,10,13H2,1H3. The number of nitro benzene ring substituents is 1. The minimum atomic E-state index is -0.366. The van der Waals surface area contributed by atoms with Gasteiger partial charge in [-0.2, -0.15) is 0 Å². The zero-order chi connectivity index (χ0) is 16.9. The highest BCUT2D eigenvalue weighted by molar-refractivity contribution is 5.43. The second-order valence-electron chi connectivity index (χ2n) is 6.10. The van der Waals surface area contributed by atoms with Gasteiger partial charge in [-0.3, -0.25) is 15.0 Å². The summed E-state index contributed by atoms with van der Waals surface area (Å²) >= 11 is 0. The largest absolute Gasteiger partial charge is 0.496 e. The molecule has 24 heavy (non-hydrogen) atoms. The topological polar surface area (TPSA) is 68.8 Å². The molecule has 6 heteroatoms. The van der Waals surface area contributed by atoms with Crippen LogP contribution in [0.25, 0.3) is 0 Å². The second kappa shape index (κ2) is 7.49. The van der Waals surface area contributed by atoms with Gasteiger partial charge in [-0.1, -0.05) is 12.8 Å².